The number of hydrogen-bond donors (Lipinski definition) is 2. The van der Waals surface area contributed by atoms with Crippen LogP contribution in [0, 0.1) is 5.41 Å². The molecule has 0 aliphatic heterocycles. The van der Waals surface area contributed by atoms with Crippen LogP contribution in [0.4, 0.5) is 0 Å². The molecule has 0 bridgehead atoms. The first-order valence-electron chi connectivity index (χ1n) is 9.72. The van der Waals surface area contributed by atoms with Gasteiger partial charge in [0.15, 0.2) is 11.6 Å². The second-order valence-electron chi connectivity index (χ2n) is 8.05. The topological polar surface area (TPSA) is 66.6 Å². The lowest BCUT2D eigenvalue weighted by atomic mass is 9.89. The van der Waals surface area contributed by atoms with Crippen molar-refractivity contribution in [1.82, 2.24) is 25.2 Å². The average molecular weight is 359 g/mol. The molecule has 2 rings (SSSR count). The van der Waals surface area contributed by atoms with Crippen LogP contribution in [-0.2, 0) is 6.42 Å². The SMILES string of the molecule is CCNC(=NCCCc1nnc2ccccn12)NC(C)CCC(C)(C)C. The van der Waals surface area contributed by atoms with Crippen molar-refractivity contribution in [3.05, 3.63) is 30.2 Å². The van der Waals surface area contributed by atoms with Crippen LogP contribution in [0.5, 0.6) is 0 Å². The van der Waals surface area contributed by atoms with E-state index in [-0.39, 0.29) is 0 Å². The fraction of sp³-hybridized carbons (Fsp3) is 0.650. The van der Waals surface area contributed by atoms with E-state index in [0.29, 0.717) is 11.5 Å². The van der Waals surface area contributed by atoms with E-state index < -0.39 is 0 Å². The Labute approximate surface area is 157 Å². The van der Waals surface area contributed by atoms with Gasteiger partial charge in [0.05, 0.1) is 0 Å². The lowest BCUT2D eigenvalue weighted by Crippen LogP contribution is -2.42. The number of guanidine groups is 1. The van der Waals surface area contributed by atoms with E-state index in [4.69, 9.17) is 4.99 Å². The smallest absolute Gasteiger partial charge is 0.191 e. The van der Waals surface area contributed by atoms with E-state index in [2.05, 4.69) is 55.4 Å². The molecule has 0 spiro atoms. The van der Waals surface area contributed by atoms with Gasteiger partial charge in [-0.2, -0.15) is 0 Å². The Balaban J connectivity index is 1.82. The number of nitrogens with zero attached hydrogens (tertiary/aromatic N) is 4. The minimum Gasteiger partial charge on any atom is -0.357 e. The number of nitrogens with one attached hydrogen (secondary N) is 2. The minimum atomic E-state index is 0.368. The normalized spacial score (nSPS) is 13.8. The van der Waals surface area contributed by atoms with E-state index in [9.17, 15) is 0 Å². The van der Waals surface area contributed by atoms with Crippen LogP contribution >= 0.6 is 0 Å². The number of aromatic nitrogens is 3. The van der Waals surface area contributed by atoms with Crippen molar-refractivity contribution < 1.29 is 0 Å². The highest BCUT2D eigenvalue weighted by Gasteiger charge is 2.13. The van der Waals surface area contributed by atoms with Crippen LogP contribution in [-0.4, -0.2) is 39.7 Å². The van der Waals surface area contributed by atoms with Gasteiger partial charge in [0.25, 0.3) is 0 Å². The molecule has 0 saturated carbocycles. The van der Waals surface area contributed by atoms with Gasteiger partial charge in [-0.05, 0) is 50.7 Å². The highest BCUT2D eigenvalue weighted by atomic mass is 15.2. The summed E-state index contributed by atoms with van der Waals surface area (Å²) in [5.74, 6) is 1.90. The molecule has 2 aromatic rings. The van der Waals surface area contributed by atoms with Crippen molar-refractivity contribution in [2.75, 3.05) is 13.1 Å². The number of pyridine rings is 1. The molecule has 26 heavy (non-hydrogen) atoms. The molecule has 144 valence electrons. The molecule has 2 aromatic heterocycles. The fourth-order valence-corrected chi connectivity index (χ4v) is 2.76. The number of aryl methyl sites for hydroxylation is 1. The highest BCUT2D eigenvalue weighted by Crippen LogP contribution is 2.21. The summed E-state index contributed by atoms with van der Waals surface area (Å²) in [5, 5.41) is 15.3. The molecular formula is C20H34N6. The predicted octanol–water partition coefficient (Wildman–Crippen LogP) is 3.43. The van der Waals surface area contributed by atoms with Crippen molar-refractivity contribution in [2.45, 2.75) is 66.3 Å². The van der Waals surface area contributed by atoms with Gasteiger partial charge in [-0.15, -0.1) is 10.2 Å². The summed E-state index contributed by atoms with van der Waals surface area (Å²) in [5.41, 5.74) is 1.26. The third-order valence-electron chi connectivity index (χ3n) is 4.27. The average Bonchev–Trinajstić information content (AvgIpc) is 3.00. The molecule has 6 nitrogen and oxygen atoms in total. The summed E-state index contributed by atoms with van der Waals surface area (Å²) >= 11 is 0. The van der Waals surface area contributed by atoms with Gasteiger partial charge >= 0.3 is 0 Å². The Morgan fingerprint density at radius 2 is 2.08 bits per heavy atom. The van der Waals surface area contributed by atoms with Crippen LogP contribution in [0.3, 0.4) is 0 Å². The molecule has 1 unspecified atom stereocenters. The molecule has 0 amide bonds. The second kappa shape index (κ2) is 9.55. The van der Waals surface area contributed by atoms with E-state index in [1.165, 1.54) is 6.42 Å². The molecule has 0 saturated heterocycles. The quantitative estimate of drug-likeness (QED) is 0.431. The van der Waals surface area contributed by atoms with Gasteiger partial charge in [-0.25, -0.2) is 0 Å². The summed E-state index contributed by atoms with van der Waals surface area (Å²) in [7, 11) is 0. The Hall–Kier alpha value is -2.11. The standard InChI is InChI=1S/C20H34N6/c1-6-21-19(23-16(2)12-13-20(3,4)5)22-14-9-11-18-25-24-17-10-7-8-15-26(17)18/h7-8,10,15-16H,6,9,11-14H2,1-5H3,(H2,21,22,23). The summed E-state index contributed by atoms with van der Waals surface area (Å²) in [4.78, 5) is 4.71. The van der Waals surface area contributed by atoms with Crippen LogP contribution in [0.25, 0.3) is 5.65 Å². The molecule has 6 heteroatoms. The monoisotopic (exact) mass is 358 g/mol. The summed E-state index contributed by atoms with van der Waals surface area (Å²) in [6, 6.07) is 6.37. The summed E-state index contributed by atoms with van der Waals surface area (Å²) in [6.07, 6.45) is 6.16. The third kappa shape index (κ3) is 6.65. The number of rotatable bonds is 8. The first kappa shape index (κ1) is 20.2. The largest absolute Gasteiger partial charge is 0.357 e. The number of hydrogen-bond acceptors (Lipinski definition) is 3. The maximum atomic E-state index is 4.71. The second-order valence-corrected chi connectivity index (χ2v) is 8.05. The lowest BCUT2D eigenvalue weighted by molar-refractivity contribution is 0.346. The van der Waals surface area contributed by atoms with Crippen molar-refractivity contribution in [1.29, 1.82) is 0 Å². The van der Waals surface area contributed by atoms with Gasteiger partial charge in [0.1, 0.15) is 5.82 Å². The zero-order valence-electron chi connectivity index (χ0n) is 16.9. The zero-order valence-corrected chi connectivity index (χ0v) is 16.9. The Bertz CT molecular complexity index is 698. The van der Waals surface area contributed by atoms with Gasteiger partial charge in [-0.1, -0.05) is 26.8 Å². The van der Waals surface area contributed by atoms with E-state index in [1.807, 2.05) is 28.8 Å². The maximum absolute atomic E-state index is 4.71. The zero-order chi connectivity index (χ0) is 19.0. The maximum Gasteiger partial charge on any atom is 0.191 e. The van der Waals surface area contributed by atoms with Gasteiger partial charge < -0.3 is 10.6 Å². The number of aliphatic imine (C=N–C) groups is 1. The van der Waals surface area contributed by atoms with Gasteiger partial charge in [-0.3, -0.25) is 9.39 Å². The fourth-order valence-electron chi connectivity index (χ4n) is 2.76. The summed E-state index contributed by atoms with van der Waals surface area (Å²) in [6.45, 7) is 12.8. The predicted molar refractivity (Wildman–Crippen MR) is 109 cm³/mol. The number of fused-ring (bicyclic) bond motifs is 1. The van der Waals surface area contributed by atoms with E-state index in [0.717, 1.165) is 49.8 Å². The first-order chi connectivity index (χ1) is 12.4. The molecule has 0 radical (unpaired) electrons. The molecule has 2 heterocycles. The third-order valence-corrected chi connectivity index (χ3v) is 4.27. The Kier molecular flexibility index (Phi) is 7.42. The van der Waals surface area contributed by atoms with E-state index >= 15 is 0 Å². The van der Waals surface area contributed by atoms with Crippen molar-refractivity contribution in [3.63, 3.8) is 0 Å². The lowest BCUT2D eigenvalue weighted by Gasteiger charge is -2.23. The molecule has 1 atom stereocenters. The Morgan fingerprint density at radius 3 is 2.81 bits per heavy atom. The van der Waals surface area contributed by atoms with Crippen molar-refractivity contribution in [3.8, 4) is 0 Å². The summed E-state index contributed by atoms with van der Waals surface area (Å²) < 4.78 is 2.04. The molecule has 0 fully saturated rings. The highest BCUT2D eigenvalue weighted by molar-refractivity contribution is 5.80. The van der Waals surface area contributed by atoms with Gasteiger partial charge in [0, 0.05) is 31.7 Å². The van der Waals surface area contributed by atoms with Crippen LogP contribution in [0.2, 0.25) is 0 Å². The molecular weight excluding hydrogens is 324 g/mol. The van der Waals surface area contributed by atoms with Gasteiger partial charge in [0.2, 0.25) is 0 Å². The minimum absolute atomic E-state index is 0.368. The molecule has 0 aliphatic carbocycles. The van der Waals surface area contributed by atoms with Crippen molar-refractivity contribution in [2.24, 2.45) is 10.4 Å². The first-order valence-corrected chi connectivity index (χ1v) is 9.72. The van der Waals surface area contributed by atoms with E-state index in [1.54, 1.807) is 0 Å². The molecule has 0 aromatic carbocycles. The molecule has 0 aliphatic rings. The van der Waals surface area contributed by atoms with Crippen LogP contribution in [0.1, 0.15) is 59.7 Å². The Morgan fingerprint density at radius 1 is 1.27 bits per heavy atom. The van der Waals surface area contributed by atoms with Crippen molar-refractivity contribution >= 4 is 11.6 Å². The van der Waals surface area contributed by atoms with Crippen LogP contribution in [0.15, 0.2) is 29.4 Å². The van der Waals surface area contributed by atoms with Crippen LogP contribution < -0.4 is 10.6 Å². The molecule has 2 N–H and O–H groups in total.